The molecule has 0 aliphatic rings. The normalized spacial score (nSPS) is 12.7. The van der Waals surface area contributed by atoms with E-state index in [1.165, 1.54) is 10.3 Å². The van der Waals surface area contributed by atoms with Crippen LogP contribution in [0.5, 0.6) is 0 Å². The predicted octanol–water partition coefficient (Wildman–Crippen LogP) is 4.86. The molecular weight excluding hydrogens is 326 g/mol. The fourth-order valence-corrected chi connectivity index (χ4v) is 3.82. The van der Waals surface area contributed by atoms with E-state index in [4.69, 9.17) is 4.42 Å². The van der Waals surface area contributed by atoms with E-state index < -0.39 is 0 Å². The molecule has 1 atom stereocenters. The second-order valence-electron chi connectivity index (χ2n) is 5.30. The highest BCUT2D eigenvalue weighted by Crippen LogP contribution is 2.25. The molecule has 0 fully saturated rings. The first-order valence-corrected chi connectivity index (χ1v) is 9.10. The van der Waals surface area contributed by atoms with Crippen LogP contribution in [0.4, 0.5) is 0 Å². The fraction of sp³-hybridized carbons (Fsp3) is 0.176. The summed E-state index contributed by atoms with van der Waals surface area (Å²) in [5.41, 5.74) is 3.15. The fourth-order valence-electron chi connectivity index (χ4n) is 2.38. The van der Waals surface area contributed by atoms with Crippen molar-refractivity contribution in [2.45, 2.75) is 19.5 Å². The molecular formula is C17H15N3OS2. The minimum absolute atomic E-state index is 0.205. The number of fused-ring (bicyclic) bond motifs is 1. The number of thiophene rings is 2. The maximum absolute atomic E-state index is 5.54. The highest BCUT2D eigenvalue weighted by molar-refractivity contribution is 7.17. The van der Waals surface area contributed by atoms with Crippen LogP contribution in [-0.2, 0) is 6.54 Å². The first-order valence-electron chi connectivity index (χ1n) is 7.34. The molecule has 0 aliphatic carbocycles. The van der Waals surface area contributed by atoms with Gasteiger partial charge in [0.25, 0.3) is 0 Å². The van der Waals surface area contributed by atoms with Gasteiger partial charge in [0.15, 0.2) is 0 Å². The molecule has 0 saturated heterocycles. The summed E-state index contributed by atoms with van der Waals surface area (Å²) in [6, 6.07) is 8.46. The smallest absolute Gasteiger partial charge is 0.236 e. The summed E-state index contributed by atoms with van der Waals surface area (Å²) in [5.74, 6) is 0.686. The Balaban J connectivity index is 1.44. The number of aromatic nitrogens is 2. The quantitative estimate of drug-likeness (QED) is 0.563. The third kappa shape index (κ3) is 3.06. The van der Waals surface area contributed by atoms with E-state index in [1.54, 1.807) is 28.9 Å². The summed E-state index contributed by atoms with van der Waals surface area (Å²) >= 11 is 3.35. The van der Waals surface area contributed by atoms with Crippen molar-refractivity contribution in [3.05, 3.63) is 58.7 Å². The standard InChI is InChI=1S/C17H15N3OS2/c1-11(12-7-16-14(19-8-12)4-6-23-16)18-9-13-10-21-17(20-13)15-3-2-5-22-15/h2-8,10-11,18H,9H2,1H3/t11-/m0/s1. The lowest BCUT2D eigenvalue weighted by Gasteiger charge is -2.12. The number of oxazole rings is 1. The average Bonchev–Trinajstić information content (AvgIpc) is 3.32. The Kier molecular flexibility index (Phi) is 3.95. The van der Waals surface area contributed by atoms with Crippen LogP contribution in [-0.4, -0.2) is 9.97 Å². The number of hydrogen-bond donors (Lipinski definition) is 1. The molecule has 6 heteroatoms. The van der Waals surface area contributed by atoms with Crippen molar-refractivity contribution in [2.24, 2.45) is 0 Å². The Bertz CT molecular complexity index is 911. The molecule has 116 valence electrons. The Morgan fingerprint density at radius 1 is 1.26 bits per heavy atom. The Morgan fingerprint density at radius 2 is 2.22 bits per heavy atom. The van der Waals surface area contributed by atoms with Gasteiger partial charge in [-0.1, -0.05) is 6.07 Å². The molecule has 0 radical (unpaired) electrons. The zero-order chi connectivity index (χ0) is 15.6. The molecule has 0 spiro atoms. The SMILES string of the molecule is C[C@H](NCc1coc(-c2cccs2)n1)c1cnc2ccsc2c1. The van der Waals surface area contributed by atoms with Crippen molar-refractivity contribution in [3.63, 3.8) is 0 Å². The van der Waals surface area contributed by atoms with Crippen molar-refractivity contribution in [3.8, 4) is 10.8 Å². The molecule has 4 rings (SSSR count). The minimum atomic E-state index is 0.205. The van der Waals surface area contributed by atoms with E-state index in [1.807, 2.05) is 29.8 Å². The van der Waals surface area contributed by atoms with E-state index in [-0.39, 0.29) is 6.04 Å². The van der Waals surface area contributed by atoms with Crippen LogP contribution in [0.15, 0.2) is 51.9 Å². The summed E-state index contributed by atoms with van der Waals surface area (Å²) in [6.07, 6.45) is 3.65. The summed E-state index contributed by atoms with van der Waals surface area (Å²) < 4.78 is 6.76. The van der Waals surface area contributed by atoms with Crippen LogP contribution in [0.2, 0.25) is 0 Å². The largest absolute Gasteiger partial charge is 0.444 e. The van der Waals surface area contributed by atoms with E-state index in [9.17, 15) is 0 Å². The Morgan fingerprint density at radius 3 is 3.09 bits per heavy atom. The molecule has 0 amide bonds. The molecule has 4 nitrogen and oxygen atoms in total. The van der Waals surface area contributed by atoms with Crippen molar-refractivity contribution < 1.29 is 4.42 Å². The second kappa shape index (κ2) is 6.23. The molecule has 0 bridgehead atoms. The van der Waals surface area contributed by atoms with Gasteiger partial charge in [0.2, 0.25) is 5.89 Å². The second-order valence-corrected chi connectivity index (χ2v) is 7.19. The topological polar surface area (TPSA) is 51.0 Å². The summed E-state index contributed by atoms with van der Waals surface area (Å²) in [6.45, 7) is 2.80. The zero-order valence-corrected chi connectivity index (χ0v) is 14.2. The van der Waals surface area contributed by atoms with E-state index in [0.29, 0.717) is 12.4 Å². The van der Waals surface area contributed by atoms with Crippen LogP contribution in [0.3, 0.4) is 0 Å². The van der Waals surface area contributed by atoms with E-state index in [2.05, 4.69) is 33.7 Å². The highest BCUT2D eigenvalue weighted by atomic mass is 32.1. The molecule has 0 unspecified atom stereocenters. The maximum Gasteiger partial charge on any atom is 0.236 e. The van der Waals surface area contributed by atoms with Crippen LogP contribution in [0.25, 0.3) is 21.0 Å². The summed E-state index contributed by atoms with van der Waals surface area (Å²) in [4.78, 5) is 10.1. The predicted molar refractivity (Wildman–Crippen MR) is 94.7 cm³/mol. The van der Waals surface area contributed by atoms with Crippen LogP contribution < -0.4 is 5.32 Å². The number of hydrogen-bond acceptors (Lipinski definition) is 6. The van der Waals surface area contributed by atoms with Crippen molar-refractivity contribution >= 4 is 32.9 Å². The first-order chi connectivity index (χ1) is 11.3. The van der Waals surface area contributed by atoms with Crippen LogP contribution in [0.1, 0.15) is 24.2 Å². The van der Waals surface area contributed by atoms with Gasteiger partial charge in [-0.05, 0) is 41.4 Å². The minimum Gasteiger partial charge on any atom is -0.444 e. The monoisotopic (exact) mass is 341 g/mol. The lowest BCUT2D eigenvalue weighted by molar-refractivity contribution is 0.554. The van der Waals surface area contributed by atoms with Gasteiger partial charge in [-0.15, -0.1) is 22.7 Å². The number of rotatable bonds is 5. The maximum atomic E-state index is 5.54. The van der Waals surface area contributed by atoms with Gasteiger partial charge in [0.1, 0.15) is 6.26 Å². The van der Waals surface area contributed by atoms with Gasteiger partial charge in [-0.3, -0.25) is 4.98 Å². The van der Waals surface area contributed by atoms with Crippen molar-refractivity contribution in [1.29, 1.82) is 0 Å². The van der Waals surface area contributed by atoms with Gasteiger partial charge in [0, 0.05) is 18.8 Å². The van der Waals surface area contributed by atoms with E-state index in [0.717, 1.165) is 16.1 Å². The molecule has 1 N–H and O–H groups in total. The third-order valence-electron chi connectivity index (χ3n) is 3.70. The Labute approximate surface area is 141 Å². The molecule has 4 aromatic heterocycles. The van der Waals surface area contributed by atoms with Crippen LogP contribution in [0, 0.1) is 0 Å². The Hall–Kier alpha value is -2.02. The molecule has 4 aromatic rings. The van der Waals surface area contributed by atoms with Crippen molar-refractivity contribution in [2.75, 3.05) is 0 Å². The number of nitrogens with zero attached hydrogens (tertiary/aromatic N) is 2. The molecule has 0 aliphatic heterocycles. The van der Waals surface area contributed by atoms with Gasteiger partial charge in [-0.2, -0.15) is 0 Å². The zero-order valence-electron chi connectivity index (χ0n) is 12.5. The highest BCUT2D eigenvalue weighted by Gasteiger charge is 2.10. The number of pyridine rings is 1. The first kappa shape index (κ1) is 14.6. The summed E-state index contributed by atoms with van der Waals surface area (Å²) in [7, 11) is 0. The molecule has 4 heterocycles. The molecule has 0 saturated carbocycles. The lowest BCUT2D eigenvalue weighted by atomic mass is 10.1. The third-order valence-corrected chi connectivity index (χ3v) is 5.41. The van der Waals surface area contributed by atoms with E-state index >= 15 is 0 Å². The van der Waals surface area contributed by atoms with Gasteiger partial charge < -0.3 is 9.73 Å². The number of nitrogens with one attached hydrogen (secondary N) is 1. The summed E-state index contributed by atoms with van der Waals surface area (Å²) in [5, 5.41) is 7.57. The van der Waals surface area contributed by atoms with Gasteiger partial charge in [0.05, 0.1) is 20.8 Å². The molecule has 0 aromatic carbocycles. The van der Waals surface area contributed by atoms with Crippen molar-refractivity contribution in [1.82, 2.24) is 15.3 Å². The van der Waals surface area contributed by atoms with Crippen LogP contribution >= 0.6 is 22.7 Å². The van der Waals surface area contributed by atoms with Gasteiger partial charge >= 0.3 is 0 Å². The average molecular weight is 341 g/mol. The lowest BCUT2D eigenvalue weighted by Crippen LogP contribution is -2.18. The van der Waals surface area contributed by atoms with Gasteiger partial charge in [-0.25, -0.2) is 4.98 Å². The molecule has 23 heavy (non-hydrogen) atoms.